The average Bonchev–Trinajstić information content (AvgIpc) is 2.36. The summed E-state index contributed by atoms with van der Waals surface area (Å²) in [6.45, 7) is 2.25. The maximum absolute atomic E-state index is 11.6. The van der Waals surface area contributed by atoms with Gasteiger partial charge in [0, 0.05) is 6.54 Å². The molecule has 1 aromatic carbocycles. The summed E-state index contributed by atoms with van der Waals surface area (Å²) in [5.74, 6) is -1.19. The quantitative estimate of drug-likeness (QED) is 0.705. The summed E-state index contributed by atoms with van der Waals surface area (Å²) in [7, 11) is 0. The molecule has 0 bridgehead atoms. The van der Waals surface area contributed by atoms with Gasteiger partial charge in [-0.1, -0.05) is 25.5 Å². The van der Waals surface area contributed by atoms with Crippen LogP contribution in [0.3, 0.4) is 0 Å². The minimum atomic E-state index is -0.981. The number of carbonyl (C=O) groups is 2. The Kier molecular flexibility index (Phi) is 5.32. The van der Waals surface area contributed by atoms with Gasteiger partial charge in [-0.15, -0.1) is 0 Å². The van der Waals surface area contributed by atoms with Crippen molar-refractivity contribution in [3.05, 3.63) is 35.4 Å². The van der Waals surface area contributed by atoms with E-state index in [-0.39, 0.29) is 18.0 Å². The summed E-state index contributed by atoms with van der Waals surface area (Å²) in [6.07, 6.45) is 1.49. The van der Waals surface area contributed by atoms with Gasteiger partial charge in [0.1, 0.15) is 0 Å². The van der Waals surface area contributed by atoms with Crippen LogP contribution in [0.15, 0.2) is 24.3 Å². The first kappa shape index (κ1) is 14.2. The van der Waals surface area contributed by atoms with Crippen molar-refractivity contribution in [3.8, 4) is 0 Å². The summed E-state index contributed by atoms with van der Waals surface area (Å²) in [5, 5.41) is 11.5. The van der Waals surface area contributed by atoms with Crippen molar-refractivity contribution in [3.63, 3.8) is 0 Å². The van der Waals surface area contributed by atoms with E-state index in [1.807, 2.05) is 6.92 Å². The van der Waals surface area contributed by atoms with Crippen LogP contribution >= 0.6 is 0 Å². The zero-order valence-electron chi connectivity index (χ0n) is 10.3. The number of rotatable bonds is 6. The number of hydrogen-bond donors (Lipinski definition) is 3. The lowest BCUT2D eigenvalue weighted by Gasteiger charge is -2.11. The largest absolute Gasteiger partial charge is 0.478 e. The molecule has 5 nitrogen and oxygen atoms in total. The van der Waals surface area contributed by atoms with E-state index < -0.39 is 12.0 Å². The molecule has 0 spiro atoms. The van der Waals surface area contributed by atoms with Crippen molar-refractivity contribution in [2.45, 2.75) is 32.4 Å². The second-order valence-corrected chi connectivity index (χ2v) is 4.12. The van der Waals surface area contributed by atoms with Crippen LogP contribution in [0.25, 0.3) is 0 Å². The van der Waals surface area contributed by atoms with Crippen molar-refractivity contribution >= 4 is 11.9 Å². The minimum absolute atomic E-state index is 0.208. The van der Waals surface area contributed by atoms with E-state index in [0.29, 0.717) is 6.42 Å². The van der Waals surface area contributed by atoms with E-state index in [9.17, 15) is 9.59 Å². The molecule has 0 saturated heterocycles. The van der Waals surface area contributed by atoms with Gasteiger partial charge >= 0.3 is 5.97 Å². The monoisotopic (exact) mass is 250 g/mol. The SMILES string of the molecule is CCCC(N)C(=O)NCc1cccc(C(=O)O)c1. The number of hydrogen-bond acceptors (Lipinski definition) is 3. The second kappa shape index (κ2) is 6.76. The third-order valence-corrected chi connectivity index (χ3v) is 2.58. The van der Waals surface area contributed by atoms with E-state index in [1.165, 1.54) is 12.1 Å². The number of amides is 1. The first-order valence-electron chi connectivity index (χ1n) is 5.90. The second-order valence-electron chi connectivity index (χ2n) is 4.12. The third kappa shape index (κ3) is 4.18. The van der Waals surface area contributed by atoms with Crippen molar-refractivity contribution < 1.29 is 14.7 Å². The lowest BCUT2D eigenvalue weighted by Crippen LogP contribution is -2.40. The van der Waals surface area contributed by atoms with E-state index in [4.69, 9.17) is 10.8 Å². The molecule has 1 unspecified atom stereocenters. The van der Waals surface area contributed by atoms with Crippen LogP contribution < -0.4 is 11.1 Å². The maximum Gasteiger partial charge on any atom is 0.335 e. The van der Waals surface area contributed by atoms with Gasteiger partial charge in [-0.2, -0.15) is 0 Å². The Morgan fingerprint density at radius 1 is 1.44 bits per heavy atom. The molecule has 0 aliphatic rings. The number of nitrogens with two attached hydrogens (primary N) is 1. The molecule has 0 heterocycles. The highest BCUT2D eigenvalue weighted by molar-refractivity contribution is 5.87. The maximum atomic E-state index is 11.6. The third-order valence-electron chi connectivity index (χ3n) is 2.58. The molecular formula is C13H18N2O3. The fraction of sp³-hybridized carbons (Fsp3) is 0.385. The van der Waals surface area contributed by atoms with Gasteiger partial charge in [-0.05, 0) is 24.1 Å². The zero-order valence-corrected chi connectivity index (χ0v) is 10.3. The predicted octanol–water partition coefficient (Wildman–Crippen LogP) is 1.13. The summed E-state index contributed by atoms with van der Waals surface area (Å²) in [4.78, 5) is 22.3. The summed E-state index contributed by atoms with van der Waals surface area (Å²) >= 11 is 0. The number of benzene rings is 1. The van der Waals surface area contributed by atoms with Gasteiger partial charge in [-0.3, -0.25) is 4.79 Å². The van der Waals surface area contributed by atoms with Crippen molar-refractivity contribution in [2.75, 3.05) is 0 Å². The van der Waals surface area contributed by atoms with Crippen LogP contribution in [-0.4, -0.2) is 23.0 Å². The molecule has 1 amide bonds. The number of carbonyl (C=O) groups excluding carboxylic acids is 1. The number of aromatic carboxylic acids is 1. The predicted molar refractivity (Wildman–Crippen MR) is 68.1 cm³/mol. The molecule has 1 atom stereocenters. The van der Waals surface area contributed by atoms with E-state index in [1.54, 1.807) is 12.1 Å². The molecule has 5 heteroatoms. The first-order valence-corrected chi connectivity index (χ1v) is 5.90. The van der Waals surface area contributed by atoms with Gasteiger partial charge in [-0.25, -0.2) is 4.79 Å². The fourth-order valence-electron chi connectivity index (χ4n) is 1.58. The summed E-state index contributed by atoms with van der Waals surface area (Å²) < 4.78 is 0. The van der Waals surface area contributed by atoms with Gasteiger partial charge in [0.15, 0.2) is 0 Å². The molecule has 1 aromatic rings. The van der Waals surface area contributed by atoms with E-state index in [0.717, 1.165) is 12.0 Å². The highest BCUT2D eigenvalue weighted by atomic mass is 16.4. The molecule has 0 saturated carbocycles. The van der Waals surface area contributed by atoms with Crippen LogP contribution in [0, 0.1) is 0 Å². The van der Waals surface area contributed by atoms with E-state index >= 15 is 0 Å². The van der Waals surface area contributed by atoms with E-state index in [2.05, 4.69) is 5.32 Å². The number of carboxylic acid groups (broad SMARTS) is 1. The van der Waals surface area contributed by atoms with Gasteiger partial charge in [0.2, 0.25) is 5.91 Å². The molecule has 0 aromatic heterocycles. The van der Waals surface area contributed by atoms with Crippen LogP contribution in [0.1, 0.15) is 35.7 Å². The first-order chi connectivity index (χ1) is 8.54. The topological polar surface area (TPSA) is 92.4 Å². The number of nitrogens with one attached hydrogen (secondary N) is 1. The summed E-state index contributed by atoms with van der Waals surface area (Å²) in [6, 6.07) is 5.96. The van der Waals surface area contributed by atoms with Crippen LogP contribution in [0.2, 0.25) is 0 Å². The molecule has 0 aliphatic heterocycles. The zero-order chi connectivity index (χ0) is 13.5. The van der Waals surface area contributed by atoms with Crippen LogP contribution in [-0.2, 0) is 11.3 Å². The molecule has 0 radical (unpaired) electrons. The molecule has 1 rings (SSSR count). The van der Waals surface area contributed by atoms with Crippen LogP contribution in [0.5, 0.6) is 0 Å². The van der Waals surface area contributed by atoms with Crippen molar-refractivity contribution in [2.24, 2.45) is 5.73 Å². The van der Waals surface area contributed by atoms with Gasteiger partial charge in [0.05, 0.1) is 11.6 Å². The Bertz CT molecular complexity index is 432. The molecule has 0 fully saturated rings. The molecule has 4 N–H and O–H groups in total. The molecular weight excluding hydrogens is 232 g/mol. The Morgan fingerprint density at radius 2 is 2.17 bits per heavy atom. The molecule has 98 valence electrons. The Hall–Kier alpha value is -1.88. The van der Waals surface area contributed by atoms with Gasteiger partial charge < -0.3 is 16.2 Å². The lowest BCUT2D eigenvalue weighted by atomic mass is 10.1. The fourth-order valence-corrected chi connectivity index (χ4v) is 1.58. The lowest BCUT2D eigenvalue weighted by molar-refractivity contribution is -0.122. The van der Waals surface area contributed by atoms with Crippen molar-refractivity contribution in [1.82, 2.24) is 5.32 Å². The Labute approximate surface area is 106 Å². The average molecular weight is 250 g/mol. The summed E-state index contributed by atoms with van der Waals surface area (Å²) in [5.41, 5.74) is 6.61. The van der Waals surface area contributed by atoms with Crippen LogP contribution in [0.4, 0.5) is 0 Å². The Balaban J connectivity index is 2.55. The smallest absolute Gasteiger partial charge is 0.335 e. The normalized spacial score (nSPS) is 11.9. The standard InChI is InChI=1S/C13H18N2O3/c1-2-4-11(14)12(16)15-8-9-5-3-6-10(7-9)13(17)18/h3,5-7,11H,2,4,8,14H2,1H3,(H,15,16)(H,17,18). The molecule has 0 aliphatic carbocycles. The Morgan fingerprint density at radius 3 is 2.78 bits per heavy atom. The highest BCUT2D eigenvalue weighted by Gasteiger charge is 2.11. The number of carboxylic acids is 1. The molecule has 18 heavy (non-hydrogen) atoms. The van der Waals surface area contributed by atoms with Gasteiger partial charge in [0.25, 0.3) is 0 Å². The highest BCUT2D eigenvalue weighted by Crippen LogP contribution is 2.05. The minimum Gasteiger partial charge on any atom is -0.478 e. The van der Waals surface area contributed by atoms with Crippen molar-refractivity contribution in [1.29, 1.82) is 0 Å².